The second-order valence-corrected chi connectivity index (χ2v) is 13.5. The first-order valence-electron chi connectivity index (χ1n) is 15.2. The number of carbonyl (C=O) groups excluding carboxylic acids is 3. The number of rotatable bonds is 14. The first-order chi connectivity index (χ1) is 23.5. The van der Waals surface area contributed by atoms with Gasteiger partial charge in [0.1, 0.15) is 22.7 Å². The van der Waals surface area contributed by atoms with Crippen LogP contribution in [0.15, 0.2) is 66.3 Å². The molecule has 1 aliphatic heterocycles. The third-order valence-electron chi connectivity index (χ3n) is 8.11. The maximum Gasteiger partial charge on any atom is 0.387 e. The van der Waals surface area contributed by atoms with E-state index in [9.17, 15) is 28.4 Å². The van der Waals surface area contributed by atoms with Crippen LogP contribution >= 0.6 is 34.5 Å². The molecule has 2 aromatic heterocycles. The minimum absolute atomic E-state index is 0.0180. The number of alkyl halides is 2. The number of amides is 2. The van der Waals surface area contributed by atoms with Crippen molar-refractivity contribution in [3.8, 4) is 11.5 Å². The largest absolute Gasteiger partial charge is 0.489 e. The molecule has 10 nitrogen and oxygen atoms in total. The van der Waals surface area contributed by atoms with Gasteiger partial charge in [-0.2, -0.15) is 8.78 Å². The molecule has 1 atom stereocenters. The lowest BCUT2D eigenvalue weighted by Gasteiger charge is -2.22. The number of carbonyl (C=O) groups is 3. The predicted octanol–water partition coefficient (Wildman–Crippen LogP) is 6.73. The van der Waals surface area contributed by atoms with E-state index >= 15 is 0 Å². The molecule has 2 amide bonds. The molecule has 1 aliphatic carbocycles. The Hall–Kier alpha value is -4.46. The highest BCUT2D eigenvalue weighted by molar-refractivity contribution is 7.09. The summed E-state index contributed by atoms with van der Waals surface area (Å²) in [5.41, 5.74) is 1.67. The van der Waals surface area contributed by atoms with Crippen molar-refractivity contribution in [3.05, 3.63) is 103 Å². The molecule has 3 heterocycles. The molecule has 49 heavy (non-hydrogen) atoms. The van der Waals surface area contributed by atoms with Crippen LogP contribution in [0.1, 0.15) is 55.7 Å². The van der Waals surface area contributed by atoms with Crippen molar-refractivity contribution in [2.45, 2.75) is 38.5 Å². The second-order valence-electron chi connectivity index (χ2n) is 11.7. The van der Waals surface area contributed by atoms with Crippen LogP contribution < -0.4 is 19.1 Å². The van der Waals surface area contributed by atoms with Crippen molar-refractivity contribution < 1.29 is 47.3 Å². The van der Waals surface area contributed by atoms with E-state index < -0.39 is 37.0 Å². The van der Waals surface area contributed by atoms with E-state index in [2.05, 4.69) is 4.74 Å². The number of hydrogen-bond donors (Lipinski definition) is 1. The third kappa shape index (κ3) is 8.06. The van der Waals surface area contributed by atoms with E-state index in [0.717, 1.165) is 28.3 Å². The molecule has 1 N–H and O–H groups in total. The lowest BCUT2D eigenvalue weighted by Crippen LogP contribution is -2.36. The number of pyridine rings is 1. The van der Waals surface area contributed by atoms with Gasteiger partial charge in [-0.05, 0) is 66.1 Å². The monoisotopic (exact) mass is 732 g/mol. The maximum absolute atomic E-state index is 13.5. The fraction of sp³-hybridized carbons (Fsp3) is 0.294. The van der Waals surface area contributed by atoms with Crippen LogP contribution in [0.25, 0.3) is 0 Å². The molecule has 2 aliphatic rings. The van der Waals surface area contributed by atoms with E-state index in [1.165, 1.54) is 30.6 Å². The van der Waals surface area contributed by atoms with Crippen LogP contribution in [0, 0.1) is 5.92 Å². The first kappa shape index (κ1) is 34.4. The van der Waals surface area contributed by atoms with Gasteiger partial charge in [0, 0.05) is 34.3 Å². The number of anilines is 1. The van der Waals surface area contributed by atoms with Crippen molar-refractivity contribution in [3.63, 3.8) is 0 Å². The number of fused-ring (bicyclic) bond motifs is 1. The molecule has 1 saturated carbocycles. The minimum Gasteiger partial charge on any atom is -0.489 e. The second kappa shape index (κ2) is 14.6. The van der Waals surface area contributed by atoms with Crippen LogP contribution in [0.3, 0.4) is 0 Å². The summed E-state index contributed by atoms with van der Waals surface area (Å²) in [6, 6.07) is 13.0. The SMILES string of the molecule is CN(Cc1cccs1)c1ccc2c(c1)C(=O)N(CC(=O)O[C@@H](Cc1c(Cl)c[n+](O)cc1Cl)c1ccc(OC(F)F)c(OCC3CC3)c1)C2=O. The molecule has 1 fully saturated rings. The average molecular weight is 734 g/mol. The van der Waals surface area contributed by atoms with E-state index in [4.69, 9.17) is 32.7 Å². The van der Waals surface area contributed by atoms with Crippen molar-refractivity contribution in [1.29, 1.82) is 0 Å². The summed E-state index contributed by atoms with van der Waals surface area (Å²) < 4.78 is 43.4. The molecule has 0 spiro atoms. The van der Waals surface area contributed by atoms with Crippen LogP contribution in [0.2, 0.25) is 10.0 Å². The summed E-state index contributed by atoms with van der Waals surface area (Å²) >= 11 is 14.4. The zero-order valence-corrected chi connectivity index (χ0v) is 28.3. The Kier molecular flexibility index (Phi) is 10.2. The lowest BCUT2D eigenvalue weighted by molar-refractivity contribution is -0.904. The highest BCUT2D eigenvalue weighted by atomic mass is 35.5. The Balaban J connectivity index is 1.24. The molecule has 0 unspecified atom stereocenters. The summed E-state index contributed by atoms with van der Waals surface area (Å²) in [5, 5.41) is 11.9. The first-order valence-corrected chi connectivity index (χ1v) is 16.8. The van der Waals surface area contributed by atoms with E-state index in [1.54, 1.807) is 29.5 Å². The van der Waals surface area contributed by atoms with Crippen molar-refractivity contribution in [1.82, 2.24) is 4.90 Å². The van der Waals surface area contributed by atoms with Gasteiger partial charge in [-0.1, -0.05) is 35.3 Å². The Morgan fingerprint density at radius 1 is 1.06 bits per heavy atom. The fourth-order valence-corrected chi connectivity index (χ4v) is 6.75. The number of ether oxygens (including phenoxy) is 3. The number of imide groups is 1. The van der Waals surface area contributed by atoms with Crippen LogP contribution in [-0.2, 0) is 22.5 Å². The van der Waals surface area contributed by atoms with Crippen LogP contribution in [0.5, 0.6) is 11.5 Å². The van der Waals surface area contributed by atoms with E-state index in [0.29, 0.717) is 28.3 Å². The Morgan fingerprint density at radius 2 is 1.80 bits per heavy atom. The zero-order chi connectivity index (χ0) is 34.8. The quantitative estimate of drug-likeness (QED) is 0.0658. The Bertz CT molecular complexity index is 1870. The number of aromatic nitrogens is 1. The number of thiophene rings is 1. The maximum atomic E-state index is 13.5. The molecule has 0 radical (unpaired) electrons. The van der Waals surface area contributed by atoms with Crippen molar-refractivity contribution in [2.24, 2.45) is 5.92 Å². The number of hydrogen-bond acceptors (Lipinski definition) is 9. The molecule has 15 heteroatoms. The standard InChI is InChI=1S/C34H30Cl2F2N3O7S/c1-39(14-22-3-2-10-49-22)21-7-8-23-24(12-21)33(44)41(32(23)43)17-31(42)47-29(13-25-26(35)15-40(45)16-27(25)36)20-6-9-28(48-34(37)38)30(11-20)46-18-19-4-5-19/h2-3,6-12,15-16,19,29,34,45H,4-5,13-14,17-18H2,1H3/q+1/t29-/m0/s1. The molecule has 0 saturated heterocycles. The van der Waals surface area contributed by atoms with Gasteiger partial charge in [-0.25, -0.2) is 0 Å². The molecular formula is C34H30Cl2F2N3O7S+. The molecule has 2 aromatic carbocycles. The summed E-state index contributed by atoms with van der Waals surface area (Å²) in [5.74, 6) is -2.11. The predicted molar refractivity (Wildman–Crippen MR) is 176 cm³/mol. The molecule has 6 rings (SSSR count). The van der Waals surface area contributed by atoms with Crippen molar-refractivity contribution in [2.75, 3.05) is 25.1 Å². The highest BCUT2D eigenvalue weighted by Crippen LogP contribution is 2.38. The summed E-state index contributed by atoms with van der Waals surface area (Å²) in [4.78, 5) is 44.1. The highest BCUT2D eigenvalue weighted by Gasteiger charge is 2.38. The summed E-state index contributed by atoms with van der Waals surface area (Å²) in [6.45, 7) is -2.92. The summed E-state index contributed by atoms with van der Waals surface area (Å²) in [7, 11) is 1.87. The van der Waals surface area contributed by atoms with Gasteiger partial charge in [-0.3, -0.25) is 24.5 Å². The van der Waals surface area contributed by atoms with Crippen LogP contribution in [0.4, 0.5) is 14.5 Å². The van der Waals surface area contributed by atoms with Gasteiger partial charge in [-0.15, -0.1) is 11.3 Å². The lowest BCUT2D eigenvalue weighted by atomic mass is 10.0. The topological polar surface area (TPSA) is 109 Å². The number of nitrogens with zero attached hydrogens (tertiary/aromatic N) is 3. The zero-order valence-electron chi connectivity index (χ0n) is 26.0. The van der Waals surface area contributed by atoms with Crippen LogP contribution in [-0.4, -0.2) is 54.7 Å². The summed E-state index contributed by atoms with van der Waals surface area (Å²) in [6.07, 6.45) is 3.02. The fourth-order valence-electron chi connectivity index (χ4n) is 5.38. The van der Waals surface area contributed by atoms with Gasteiger partial charge >= 0.3 is 12.6 Å². The number of esters is 1. The normalized spacial score (nSPS) is 14.6. The van der Waals surface area contributed by atoms with Gasteiger partial charge in [0.25, 0.3) is 11.8 Å². The van der Waals surface area contributed by atoms with Gasteiger partial charge in [0.15, 0.2) is 11.5 Å². The Labute approximate surface area is 293 Å². The minimum atomic E-state index is -3.10. The number of halogens is 4. The van der Waals surface area contributed by atoms with Gasteiger partial charge in [0.2, 0.25) is 12.4 Å². The van der Waals surface area contributed by atoms with Gasteiger partial charge in [0.05, 0.1) is 24.3 Å². The van der Waals surface area contributed by atoms with E-state index in [1.807, 2.05) is 29.5 Å². The smallest absolute Gasteiger partial charge is 0.387 e. The molecule has 0 bridgehead atoms. The van der Waals surface area contributed by atoms with Crippen molar-refractivity contribution >= 4 is 58.0 Å². The molecular weight excluding hydrogens is 703 g/mol. The molecule has 256 valence electrons. The third-order valence-corrected chi connectivity index (χ3v) is 9.63. The van der Waals surface area contributed by atoms with E-state index in [-0.39, 0.29) is 45.7 Å². The number of benzene rings is 2. The Morgan fingerprint density at radius 3 is 2.47 bits per heavy atom. The van der Waals surface area contributed by atoms with Gasteiger partial charge < -0.3 is 19.1 Å². The average Bonchev–Trinajstić information content (AvgIpc) is 3.69. The molecule has 4 aromatic rings.